The van der Waals surface area contributed by atoms with Gasteiger partial charge in [0.2, 0.25) is 0 Å². The van der Waals surface area contributed by atoms with Gasteiger partial charge in [0.1, 0.15) is 0 Å². The number of thioether (sulfide) groups is 1. The van der Waals surface area contributed by atoms with Crippen LogP contribution < -0.4 is 5.73 Å². The molecule has 5 heteroatoms. The zero-order valence-electron chi connectivity index (χ0n) is 12.0. The standard InChI is InChI=1S/C15H22N2OS.ClH/c1-11(2)19-14-5-3-12(4-6-14)15(18)17-9-7-13(16)8-10-17;/h3-6,11,13H,7-10,16H2,1-2H3;1H. The smallest absolute Gasteiger partial charge is 0.253 e. The third kappa shape index (κ3) is 4.69. The number of likely N-dealkylation sites (tertiary alicyclic amines) is 1. The molecule has 3 nitrogen and oxygen atoms in total. The highest BCUT2D eigenvalue weighted by Gasteiger charge is 2.21. The molecule has 1 aliphatic rings. The van der Waals surface area contributed by atoms with Crippen molar-refractivity contribution in [2.24, 2.45) is 5.73 Å². The minimum absolute atomic E-state index is 0. The average Bonchev–Trinajstić information content (AvgIpc) is 2.39. The van der Waals surface area contributed by atoms with E-state index in [2.05, 4.69) is 13.8 Å². The molecule has 1 aromatic rings. The first kappa shape index (κ1) is 17.3. The normalized spacial score (nSPS) is 16.1. The molecule has 1 heterocycles. The van der Waals surface area contributed by atoms with Crippen molar-refractivity contribution in [3.63, 3.8) is 0 Å². The third-order valence-electron chi connectivity index (χ3n) is 3.30. The van der Waals surface area contributed by atoms with Crippen LogP contribution in [-0.4, -0.2) is 35.2 Å². The van der Waals surface area contributed by atoms with Gasteiger partial charge in [-0.25, -0.2) is 0 Å². The molecular weight excluding hydrogens is 292 g/mol. The molecule has 20 heavy (non-hydrogen) atoms. The Hall–Kier alpha value is -0.710. The van der Waals surface area contributed by atoms with Crippen LogP contribution >= 0.6 is 24.2 Å². The van der Waals surface area contributed by atoms with E-state index in [1.54, 1.807) is 0 Å². The number of nitrogens with two attached hydrogens (primary N) is 1. The molecule has 2 N–H and O–H groups in total. The molecule has 0 unspecified atom stereocenters. The Morgan fingerprint density at radius 3 is 2.30 bits per heavy atom. The highest BCUT2D eigenvalue weighted by molar-refractivity contribution is 7.99. The summed E-state index contributed by atoms with van der Waals surface area (Å²) in [4.78, 5) is 15.4. The van der Waals surface area contributed by atoms with E-state index in [-0.39, 0.29) is 24.4 Å². The van der Waals surface area contributed by atoms with Crippen molar-refractivity contribution in [1.29, 1.82) is 0 Å². The number of halogens is 1. The Labute approximate surface area is 131 Å². The van der Waals surface area contributed by atoms with E-state index in [0.717, 1.165) is 31.5 Å². The van der Waals surface area contributed by atoms with Gasteiger partial charge in [-0.05, 0) is 37.1 Å². The Balaban J connectivity index is 0.00000200. The zero-order chi connectivity index (χ0) is 13.8. The molecule has 0 aliphatic carbocycles. The van der Waals surface area contributed by atoms with Gasteiger partial charge in [0.25, 0.3) is 5.91 Å². The maximum Gasteiger partial charge on any atom is 0.253 e. The molecule has 2 rings (SSSR count). The number of piperidine rings is 1. The second-order valence-electron chi connectivity index (χ2n) is 5.32. The largest absolute Gasteiger partial charge is 0.339 e. The number of hydrogen-bond acceptors (Lipinski definition) is 3. The molecule has 0 bridgehead atoms. The van der Waals surface area contributed by atoms with Crippen molar-refractivity contribution in [2.75, 3.05) is 13.1 Å². The van der Waals surface area contributed by atoms with Crippen LogP contribution in [0.3, 0.4) is 0 Å². The molecule has 0 spiro atoms. The summed E-state index contributed by atoms with van der Waals surface area (Å²) < 4.78 is 0. The monoisotopic (exact) mass is 314 g/mol. The summed E-state index contributed by atoms with van der Waals surface area (Å²) in [5.74, 6) is 0.132. The van der Waals surface area contributed by atoms with E-state index in [1.807, 2.05) is 40.9 Å². The van der Waals surface area contributed by atoms with Gasteiger partial charge in [-0.1, -0.05) is 13.8 Å². The van der Waals surface area contributed by atoms with E-state index in [4.69, 9.17) is 5.73 Å². The lowest BCUT2D eigenvalue weighted by Crippen LogP contribution is -2.42. The van der Waals surface area contributed by atoms with Crippen molar-refractivity contribution in [3.8, 4) is 0 Å². The quantitative estimate of drug-likeness (QED) is 0.872. The summed E-state index contributed by atoms with van der Waals surface area (Å²) in [7, 11) is 0. The summed E-state index contributed by atoms with van der Waals surface area (Å²) in [6.07, 6.45) is 1.82. The Kier molecular flexibility index (Phi) is 6.86. The highest BCUT2D eigenvalue weighted by Crippen LogP contribution is 2.23. The lowest BCUT2D eigenvalue weighted by atomic mass is 10.1. The van der Waals surface area contributed by atoms with Gasteiger partial charge in [0.05, 0.1) is 0 Å². The van der Waals surface area contributed by atoms with Crippen LogP contribution in [-0.2, 0) is 0 Å². The predicted molar refractivity (Wildman–Crippen MR) is 87.8 cm³/mol. The first-order valence-corrected chi connectivity index (χ1v) is 7.76. The number of amides is 1. The second kappa shape index (κ2) is 7.91. The maximum absolute atomic E-state index is 12.3. The Bertz CT molecular complexity index is 428. The summed E-state index contributed by atoms with van der Waals surface area (Å²) in [5, 5.41) is 0.560. The van der Waals surface area contributed by atoms with Crippen molar-refractivity contribution in [1.82, 2.24) is 4.90 Å². The number of nitrogens with zero attached hydrogens (tertiary/aromatic N) is 1. The van der Waals surface area contributed by atoms with Crippen LogP contribution in [0.5, 0.6) is 0 Å². The van der Waals surface area contributed by atoms with Crippen molar-refractivity contribution in [2.45, 2.75) is 42.9 Å². The van der Waals surface area contributed by atoms with Gasteiger partial charge in [0.15, 0.2) is 0 Å². The molecule has 112 valence electrons. The molecule has 1 aliphatic heterocycles. The van der Waals surface area contributed by atoms with Gasteiger partial charge >= 0.3 is 0 Å². The molecular formula is C15H23ClN2OS. The van der Waals surface area contributed by atoms with Gasteiger partial charge in [-0.15, -0.1) is 24.2 Å². The fraction of sp³-hybridized carbons (Fsp3) is 0.533. The van der Waals surface area contributed by atoms with Gasteiger partial charge in [-0.2, -0.15) is 0 Å². The van der Waals surface area contributed by atoms with Crippen LogP contribution in [0.4, 0.5) is 0 Å². The van der Waals surface area contributed by atoms with Crippen LogP contribution in [0.2, 0.25) is 0 Å². The van der Waals surface area contributed by atoms with Crippen LogP contribution in [0, 0.1) is 0 Å². The van der Waals surface area contributed by atoms with Gasteiger partial charge in [0, 0.05) is 34.8 Å². The van der Waals surface area contributed by atoms with Crippen LogP contribution in [0.1, 0.15) is 37.0 Å². The van der Waals surface area contributed by atoms with Gasteiger partial charge in [-0.3, -0.25) is 4.79 Å². The molecule has 1 fully saturated rings. The van der Waals surface area contributed by atoms with Crippen molar-refractivity contribution < 1.29 is 4.79 Å². The number of benzene rings is 1. The first-order chi connectivity index (χ1) is 9.06. The second-order valence-corrected chi connectivity index (χ2v) is 6.97. The van der Waals surface area contributed by atoms with E-state index < -0.39 is 0 Å². The number of rotatable bonds is 3. The fourth-order valence-corrected chi connectivity index (χ4v) is 3.07. The van der Waals surface area contributed by atoms with E-state index >= 15 is 0 Å². The molecule has 0 atom stereocenters. The third-order valence-corrected chi connectivity index (χ3v) is 4.32. The molecule has 1 aromatic carbocycles. The average molecular weight is 315 g/mol. The predicted octanol–water partition coefficient (Wildman–Crippen LogP) is 3.17. The number of carbonyl (C=O) groups excluding carboxylic acids is 1. The first-order valence-electron chi connectivity index (χ1n) is 6.88. The highest BCUT2D eigenvalue weighted by atomic mass is 35.5. The minimum Gasteiger partial charge on any atom is -0.339 e. The Morgan fingerprint density at radius 2 is 1.80 bits per heavy atom. The zero-order valence-corrected chi connectivity index (χ0v) is 13.7. The Morgan fingerprint density at radius 1 is 1.25 bits per heavy atom. The minimum atomic E-state index is 0. The molecule has 0 radical (unpaired) electrons. The molecule has 1 amide bonds. The van der Waals surface area contributed by atoms with Crippen LogP contribution in [0.25, 0.3) is 0 Å². The summed E-state index contributed by atoms with van der Waals surface area (Å²) in [6, 6.07) is 8.19. The SMILES string of the molecule is CC(C)Sc1ccc(C(=O)N2CCC(N)CC2)cc1.Cl. The molecule has 0 aromatic heterocycles. The van der Waals surface area contributed by atoms with Crippen LogP contribution in [0.15, 0.2) is 29.2 Å². The van der Waals surface area contributed by atoms with Crippen molar-refractivity contribution >= 4 is 30.1 Å². The van der Waals surface area contributed by atoms with E-state index in [1.165, 1.54) is 4.90 Å². The van der Waals surface area contributed by atoms with Crippen molar-refractivity contribution in [3.05, 3.63) is 29.8 Å². The fourth-order valence-electron chi connectivity index (χ4n) is 2.23. The number of carbonyl (C=O) groups is 1. The molecule has 1 saturated heterocycles. The molecule has 0 saturated carbocycles. The van der Waals surface area contributed by atoms with E-state index in [9.17, 15) is 4.79 Å². The van der Waals surface area contributed by atoms with E-state index in [0.29, 0.717) is 5.25 Å². The lowest BCUT2D eigenvalue weighted by Gasteiger charge is -2.30. The maximum atomic E-state index is 12.3. The summed E-state index contributed by atoms with van der Waals surface area (Å²) in [6.45, 7) is 5.90. The summed E-state index contributed by atoms with van der Waals surface area (Å²) in [5.41, 5.74) is 6.64. The lowest BCUT2D eigenvalue weighted by molar-refractivity contribution is 0.0714. The summed E-state index contributed by atoms with van der Waals surface area (Å²) >= 11 is 1.81. The topological polar surface area (TPSA) is 46.3 Å². The number of hydrogen-bond donors (Lipinski definition) is 1. The van der Waals surface area contributed by atoms with Gasteiger partial charge < -0.3 is 10.6 Å².